The summed E-state index contributed by atoms with van der Waals surface area (Å²) in [6.45, 7) is 9.76. The molecule has 0 aliphatic rings. The number of hydrogen-bond acceptors (Lipinski definition) is 3. The van der Waals surface area contributed by atoms with Crippen LogP contribution < -0.4 is 10.6 Å². The highest BCUT2D eigenvalue weighted by atomic mass is 16.5. The molecule has 124 valence electrons. The summed E-state index contributed by atoms with van der Waals surface area (Å²) in [4.78, 5) is 15.2. The number of ether oxygens (including phenoxy) is 1. The number of carbonyl (C=O) groups excluding carboxylic acids is 1. The molecule has 0 fully saturated rings. The van der Waals surface area contributed by atoms with Crippen molar-refractivity contribution in [2.45, 2.75) is 65.8 Å². The Bertz CT molecular complexity index is 322. The molecule has 0 aromatic rings. The fourth-order valence-corrected chi connectivity index (χ4v) is 1.85. The zero-order valence-corrected chi connectivity index (χ0v) is 14.6. The second kappa shape index (κ2) is 10.5. The molecule has 0 spiro atoms. The minimum atomic E-state index is -0.145. The van der Waals surface area contributed by atoms with Gasteiger partial charge in [0.15, 0.2) is 5.96 Å². The number of unbranched alkanes of at least 4 members (excludes halogenated alkanes) is 1. The van der Waals surface area contributed by atoms with Gasteiger partial charge in [0.05, 0.1) is 7.11 Å². The van der Waals surface area contributed by atoms with Crippen LogP contribution >= 0.6 is 0 Å². The lowest BCUT2D eigenvalue weighted by Gasteiger charge is -2.23. The van der Waals surface area contributed by atoms with Gasteiger partial charge in [-0.1, -0.05) is 20.8 Å². The summed E-state index contributed by atoms with van der Waals surface area (Å²) in [6, 6.07) is 0.394. The number of esters is 1. The van der Waals surface area contributed by atoms with Crippen molar-refractivity contribution in [3.05, 3.63) is 0 Å². The topological polar surface area (TPSA) is 62.7 Å². The largest absolute Gasteiger partial charge is 0.469 e. The first-order valence-electron chi connectivity index (χ1n) is 7.82. The molecule has 0 saturated heterocycles. The van der Waals surface area contributed by atoms with Crippen molar-refractivity contribution in [2.24, 2.45) is 10.4 Å². The molecule has 0 aromatic carbocycles. The molecule has 0 aliphatic heterocycles. The quantitative estimate of drug-likeness (QED) is 0.313. The highest BCUT2D eigenvalue weighted by Crippen LogP contribution is 2.21. The molecular weight excluding hydrogens is 266 g/mol. The van der Waals surface area contributed by atoms with E-state index in [1.807, 2.05) is 0 Å². The van der Waals surface area contributed by atoms with Crippen LogP contribution in [0.15, 0.2) is 4.99 Å². The van der Waals surface area contributed by atoms with Gasteiger partial charge in [-0.25, -0.2) is 0 Å². The lowest BCUT2D eigenvalue weighted by Crippen LogP contribution is -2.42. The summed E-state index contributed by atoms with van der Waals surface area (Å²) in [6.07, 6.45) is 4.53. The van der Waals surface area contributed by atoms with Gasteiger partial charge in [0, 0.05) is 26.1 Å². The second-order valence-electron chi connectivity index (χ2n) is 6.68. The number of nitrogens with one attached hydrogen (secondary N) is 2. The molecule has 0 amide bonds. The molecular formula is C16H33N3O2. The number of hydrogen-bond donors (Lipinski definition) is 2. The lowest BCUT2D eigenvalue weighted by molar-refractivity contribution is -0.140. The molecule has 1 unspecified atom stereocenters. The Hall–Kier alpha value is -1.26. The summed E-state index contributed by atoms with van der Waals surface area (Å²) in [5.74, 6) is 0.683. The van der Waals surface area contributed by atoms with Crippen molar-refractivity contribution >= 4 is 11.9 Å². The maximum Gasteiger partial charge on any atom is 0.305 e. The third-order valence-electron chi connectivity index (χ3n) is 3.26. The zero-order chi connectivity index (χ0) is 16.3. The van der Waals surface area contributed by atoms with E-state index < -0.39 is 0 Å². The molecule has 0 rings (SSSR count). The van der Waals surface area contributed by atoms with Gasteiger partial charge >= 0.3 is 5.97 Å². The fraction of sp³-hybridized carbons (Fsp3) is 0.875. The molecule has 5 heteroatoms. The predicted molar refractivity (Wildman–Crippen MR) is 88.5 cm³/mol. The Kier molecular flexibility index (Phi) is 9.84. The number of nitrogens with zero attached hydrogens (tertiary/aromatic N) is 1. The van der Waals surface area contributed by atoms with Crippen LogP contribution in [0.2, 0.25) is 0 Å². The smallest absolute Gasteiger partial charge is 0.305 e. The van der Waals surface area contributed by atoms with Crippen LogP contribution in [0.25, 0.3) is 0 Å². The zero-order valence-electron chi connectivity index (χ0n) is 14.6. The predicted octanol–water partition coefficient (Wildman–Crippen LogP) is 2.71. The van der Waals surface area contributed by atoms with E-state index in [2.05, 4.69) is 48.1 Å². The standard InChI is InChI=1S/C16H33N3O2/c1-13(10-11-16(2,3)4)19-15(17-5)18-12-8-7-9-14(20)21-6/h13H,7-12H2,1-6H3,(H2,17,18,19). The van der Waals surface area contributed by atoms with Crippen molar-refractivity contribution in [3.8, 4) is 0 Å². The fourth-order valence-electron chi connectivity index (χ4n) is 1.85. The Morgan fingerprint density at radius 2 is 1.95 bits per heavy atom. The van der Waals surface area contributed by atoms with Gasteiger partial charge in [0.2, 0.25) is 0 Å². The Balaban J connectivity index is 3.83. The van der Waals surface area contributed by atoms with E-state index in [-0.39, 0.29) is 5.97 Å². The van der Waals surface area contributed by atoms with E-state index in [0.717, 1.165) is 31.8 Å². The minimum Gasteiger partial charge on any atom is -0.469 e. The number of carbonyl (C=O) groups is 1. The maximum atomic E-state index is 11.0. The Labute approximate surface area is 129 Å². The monoisotopic (exact) mass is 299 g/mol. The summed E-state index contributed by atoms with van der Waals surface area (Å²) in [7, 11) is 3.20. The van der Waals surface area contributed by atoms with E-state index in [1.165, 1.54) is 13.5 Å². The van der Waals surface area contributed by atoms with Gasteiger partial charge in [-0.05, 0) is 38.0 Å². The van der Waals surface area contributed by atoms with Crippen LogP contribution in [0.5, 0.6) is 0 Å². The molecule has 5 nitrogen and oxygen atoms in total. The number of methoxy groups -OCH3 is 1. The summed E-state index contributed by atoms with van der Waals surface area (Å²) >= 11 is 0. The molecule has 1 atom stereocenters. The first kappa shape index (κ1) is 19.7. The van der Waals surface area contributed by atoms with Crippen molar-refractivity contribution in [1.82, 2.24) is 10.6 Å². The van der Waals surface area contributed by atoms with Gasteiger partial charge < -0.3 is 15.4 Å². The van der Waals surface area contributed by atoms with Crippen LogP contribution in [0.4, 0.5) is 0 Å². The lowest BCUT2D eigenvalue weighted by atomic mass is 9.89. The van der Waals surface area contributed by atoms with Gasteiger partial charge in [0.1, 0.15) is 0 Å². The van der Waals surface area contributed by atoms with Gasteiger partial charge in [-0.2, -0.15) is 0 Å². The SMILES string of the molecule is CN=C(NCCCCC(=O)OC)NC(C)CCC(C)(C)C. The molecule has 0 bridgehead atoms. The van der Waals surface area contributed by atoms with Gasteiger partial charge in [-0.3, -0.25) is 9.79 Å². The summed E-state index contributed by atoms with van der Waals surface area (Å²) in [5.41, 5.74) is 0.362. The number of aliphatic imine (C=N–C) groups is 1. The number of guanidine groups is 1. The average Bonchev–Trinajstić information content (AvgIpc) is 2.42. The molecule has 0 aromatic heterocycles. The average molecular weight is 299 g/mol. The highest BCUT2D eigenvalue weighted by molar-refractivity contribution is 5.79. The van der Waals surface area contributed by atoms with E-state index in [9.17, 15) is 4.79 Å². The molecule has 0 saturated carbocycles. The van der Waals surface area contributed by atoms with Crippen LogP contribution in [0.1, 0.15) is 59.8 Å². The number of rotatable bonds is 8. The third kappa shape index (κ3) is 12.2. The Morgan fingerprint density at radius 3 is 2.48 bits per heavy atom. The maximum absolute atomic E-state index is 11.0. The van der Waals surface area contributed by atoms with Crippen molar-refractivity contribution in [1.29, 1.82) is 0 Å². The summed E-state index contributed by atoms with van der Waals surface area (Å²) < 4.78 is 4.61. The molecule has 0 heterocycles. The Morgan fingerprint density at radius 1 is 1.29 bits per heavy atom. The molecule has 0 radical (unpaired) electrons. The van der Waals surface area contributed by atoms with Crippen LogP contribution in [0, 0.1) is 5.41 Å². The minimum absolute atomic E-state index is 0.145. The van der Waals surface area contributed by atoms with E-state index in [0.29, 0.717) is 17.9 Å². The van der Waals surface area contributed by atoms with E-state index >= 15 is 0 Å². The highest BCUT2D eigenvalue weighted by Gasteiger charge is 2.13. The van der Waals surface area contributed by atoms with Crippen LogP contribution in [0.3, 0.4) is 0 Å². The van der Waals surface area contributed by atoms with Crippen molar-refractivity contribution in [2.75, 3.05) is 20.7 Å². The molecule has 21 heavy (non-hydrogen) atoms. The van der Waals surface area contributed by atoms with Crippen molar-refractivity contribution < 1.29 is 9.53 Å². The summed E-state index contributed by atoms with van der Waals surface area (Å²) in [5, 5.41) is 6.67. The van der Waals surface area contributed by atoms with E-state index in [4.69, 9.17) is 0 Å². The third-order valence-corrected chi connectivity index (χ3v) is 3.26. The van der Waals surface area contributed by atoms with Crippen LogP contribution in [-0.4, -0.2) is 38.7 Å². The van der Waals surface area contributed by atoms with Crippen molar-refractivity contribution in [3.63, 3.8) is 0 Å². The first-order chi connectivity index (χ1) is 9.78. The van der Waals surface area contributed by atoms with Gasteiger partial charge in [-0.15, -0.1) is 0 Å². The first-order valence-corrected chi connectivity index (χ1v) is 7.82. The second-order valence-corrected chi connectivity index (χ2v) is 6.68. The van der Waals surface area contributed by atoms with Crippen LogP contribution in [-0.2, 0) is 9.53 Å². The van der Waals surface area contributed by atoms with E-state index in [1.54, 1.807) is 7.05 Å². The molecule has 2 N–H and O–H groups in total. The van der Waals surface area contributed by atoms with Gasteiger partial charge in [0.25, 0.3) is 0 Å². The molecule has 0 aliphatic carbocycles. The normalized spacial score (nSPS) is 13.7.